The van der Waals surface area contributed by atoms with Crippen molar-refractivity contribution in [3.8, 4) is 0 Å². The van der Waals surface area contributed by atoms with Gasteiger partial charge in [0.1, 0.15) is 6.73 Å². The van der Waals surface area contributed by atoms with Gasteiger partial charge in [0.25, 0.3) is 0 Å². The summed E-state index contributed by atoms with van der Waals surface area (Å²) in [5, 5.41) is 3.35. The van der Waals surface area contributed by atoms with Gasteiger partial charge in [-0.2, -0.15) is 0 Å². The molecule has 0 amide bonds. The fourth-order valence-electron chi connectivity index (χ4n) is 1.55. The average Bonchev–Trinajstić information content (AvgIpc) is 2.16. The van der Waals surface area contributed by atoms with Crippen LogP contribution in [-0.2, 0) is 9.84 Å². The molecule has 0 heterocycles. The molecule has 0 fully saturated rings. The van der Waals surface area contributed by atoms with Crippen molar-refractivity contribution in [1.82, 2.24) is 0 Å². The van der Waals surface area contributed by atoms with Crippen molar-refractivity contribution in [3.05, 3.63) is 29.8 Å². The lowest BCUT2D eigenvalue weighted by atomic mass is 9.86. The number of rotatable bonds is 4. The molecule has 16 heavy (non-hydrogen) atoms. The Bertz CT molecular complexity index is 331. The van der Waals surface area contributed by atoms with Crippen molar-refractivity contribution in [1.29, 1.82) is 0 Å². The van der Waals surface area contributed by atoms with Crippen molar-refractivity contribution in [2.24, 2.45) is 0 Å². The number of para-hydroxylation sites is 1. The molecule has 0 saturated carbocycles. The molecule has 1 rings (SSSR count). The molecular formula is C13H22NOSi. The molecule has 1 aromatic carbocycles. The minimum absolute atomic E-state index is 0.163. The zero-order valence-electron chi connectivity index (χ0n) is 10.9. The predicted octanol–water partition coefficient (Wildman–Crippen LogP) is 3.62. The summed E-state index contributed by atoms with van der Waals surface area (Å²) in [5.74, 6) is 0. The lowest BCUT2D eigenvalue weighted by molar-refractivity contribution is 0.357. The molecule has 1 radical (unpaired) electrons. The van der Waals surface area contributed by atoms with E-state index in [4.69, 9.17) is 4.43 Å². The summed E-state index contributed by atoms with van der Waals surface area (Å²) in [6, 6.07) is 8.43. The van der Waals surface area contributed by atoms with Gasteiger partial charge in [-0.1, -0.05) is 39.0 Å². The Balaban J connectivity index is 2.72. The summed E-state index contributed by atoms with van der Waals surface area (Å²) in [7, 11) is -0.614. The van der Waals surface area contributed by atoms with Gasteiger partial charge in [-0.15, -0.1) is 0 Å². The minimum Gasteiger partial charge on any atom is -0.400 e. The van der Waals surface area contributed by atoms with E-state index in [9.17, 15) is 0 Å². The highest BCUT2D eigenvalue weighted by Crippen LogP contribution is 2.28. The molecule has 89 valence electrons. The van der Waals surface area contributed by atoms with E-state index in [1.165, 1.54) is 11.3 Å². The molecule has 0 spiro atoms. The zero-order valence-corrected chi connectivity index (χ0v) is 11.9. The van der Waals surface area contributed by atoms with Crippen molar-refractivity contribution in [2.75, 3.05) is 12.0 Å². The van der Waals surface area contributed by atoms with Crippen molar-refractivity contribution >= 4 is 14.7 Å². The second-order valence-corrected chi connectivity index (χ2v) is 7.27. The number of nitrogens with one attached hydrogen (secondary N) is 1. The second-order valence-electron chi connectivity index (χ2n) is 5.17. The van der Waals surface area contributed by atoms with Gasteiger partial charge in [0.2, 0.25) is 9.04 Å². The molecule has 3 heteroatoms. The average molecular weight is 236 g/mol. The monoisotopic (exact) mass is 236 g/mol. The van der Waals surface area contributed by atoms with Crippen LogP contribution in [0.5, 0.6) is 0 Å². The summed E-state index contributed by atoms with van der Waals surface area (Å²) in [6.07, 6.45) is 0. The number of hydrogen-bond donors (Lipinski definition) is 1. The first-order chi connectivity index (χ1) is 7.41. The third kappa shape index (κ3) is 3.98. The van der Waals surface area contributed by atoms with E-state index in [0.29, 0.717) is 6.73 Å². The van der Waals surface area contributed by atoms with E-state index in [2.05, 4.69) is 63.4 Å². The van der Waals surface area contributed by atoms with E-state index in [1.54, 1.807) is 0 Å². The first-order valence-corrected chi connectivity index (χ1v) is 8.08. The van der Waals surface area contributed by atoms with Gasteiger partial charge in [0.15, 0.2) is 0 Å². The van der Waals surface area contributed by atoms with E-state index in [0.717, 1.165) is 0 Å². The van der Waals surface area contributed by atoms with Crippen molar-refractivity contribution < 1.29 is 4.43 Å². The second kappa shape index (κ2) is 5.50. The standard InChI is InChI=1S/C13H22NOSi/c1-13(2,3)11-8-6-7-9-12(11)14-10-15-16(4)5/h6-9,14H,10H2,1-5H3. The number of anilines is 1. The van der Waals surface area contributed by atoms with E-state index in [1.807, 2.05) is 0 Å². The Hall–Kier alpha value is -0.803. The highest BCUT2D eigenvalue weighted by Gasteiger charge is 2.16. The van der Waals surface area contributed by atoms with Crippen LogP contribution in [0.4, 0.5) is 5.69 Å². The van der Waals surface area contributed by atoms with Crippen LogP contribution in [0, 0.1) is 0 Å². The Kier molecular flexibility index (Phi) is 4.56. The quantitative estimate of drug-likeness (QED) is 0.637. The zero-order chi connectivity index (χ0) is 12.2. The Morgan fingerprint density at radius 2 is 1.81 bits per heavy atom. The summed E-state index contributed by atoms with van der Waals surface area (Å²) in [4.78, 5) is 0. The van der Waals surface area contributed by atoms with Crippen LogP contribution in [0.1, 0.15) is 26.3 Å². The molecule has 0 aliphatic rings. The molecule has 1 N–H and O–H groups in total. The summed E-state index contributed by atoms with van der Waals surface area (Å²) < 4.78 is 5.60. The molecule has 0 aromatic heterocycles. The van der Waals surface area contributed by atoms with E-state index >= 15 is 0 Å². The molecule has 0 aliphatic heterocycles. The molecule has 1 aromatic rings. The Morgan fingerprint density at radius 3 is 2.38 bits per heavy atom. The summed E-state index contributed by atoms with van der Waals surface area (Å²) >= 11 is 0. The van der Waals surface area contributed by atoms with Gasteiger partial charge >= 0.3 is 0 Å². The lowest BCUT2D eigenvalue weighted by Crippen LogP contribution is -2.18. The normalized spacial score (nSPS) is 11.9. The van der Waals surface area contributed by atoms with Gasteiger partial charge in [-0.25, -0.2) is 0 Å². The predicted molar refractivity (Wildman–Crippen MR) is 72.2 cm³/mol. The minimum atomic E-state index is -0.614. The summed E-state index contributed by atoms with van der Waals surface area (Å²) in [6.45, 7) is 11.6. The Labute approximate surface area is 101 Å². The molecular weight excluding hydrogens is 214 g/mol. The van der Waals surface area contributed by atoms with Crippen LogP contribution in [0.25, 0.3) is 0 Å². The SMILES string of the molecule is C[Si](C)OCNc1ccccc1C(C)(C)C. The van der Waals surface area contributed by atoms with Crippen LogP contribution in [-0.4, -0.2) is 15.8 Å². The highest BCUT2D eigenvalue weighted by atomic mass is 28.3. The highest BCUT2D eigenvalue weighted by molar-refractivity contribution is 6.48. The van der Waals surface area contributed by atoms with Crippen LogP contribution in [0.15, 0.2) is 24.3 Å². The molecule has 0 atom stereocenters. The largest absolute Gasteiger partial charge is 0.400 e. The first-order valence-electron chi connectivity index (χ1n) is 5.67. The molecule has 0 bridgehead atoms. The van der Waals surface area contributed by atoms with Gasteiger partial charge in [-0.05, 0) is 30.1 Å². The van der Waals surface area contributed by atoms with Crippen LogP contribution >= 0.6 is 0 Å². The Morgan fingerprint density at radius 1 is 1.19 bits per heavy atom. The van der Waals surface area contributed by atoms with Crippen LogP contribution in [0.2, 0.25) is 13.1 Å². The first kappa shape index (κ1) is 13.3. The number of hydrogen-bond acceptors (Lipinski definition) is 2. The fourth-order valence-corrected chi connectivity index (χ4v) is 1.91. The third-order valence-electron chi connectivity index (χ3n) is 2.36. The topological polar surface area (TPSA) is 21.3 Å². The van der Waals surface area contributed by atoms with Gasteiger partial charge < -0.3 is 9.74 Å². The van der Waals surface area contributed by atoms with Crippen LogP contribution in [0.3, 0.4) is 0 Å². The van der Waals surface area contributed by atoms with Gasteiger partial charge in [0, 0.05) is 5.69 Å². The maximum Gasteiger partial charge on any atom is 0.207 e. The summed E-state index contributed by atoms with van der Waals surface area (Å²) in [5.41, 5.74) is 2.67. The third-order valence-corrected chi connectivity index (χ3v) is 3.08. The maximum absolute atomic E-state index is 5.60. The molecule has 0 unspecified atom stereocenters. The van der Waals surface area contributed by atoms with Gasteiger partial charge in [0.05, 0.1) is 0 Å². The molecule has 0 aliphatic carbocycles. The van der Waals surface area contributed by atoms with Crippen molar-refractivity contribution in [2.45, 2.75) is 39.3 Å². The number of benzene rings is 1. The maximum atomic E-state index is 5.60. The smallest absolute Gasteiger partial charge is 0.207 e. The fraction of sp³-hybridized carbons (Fsp3) is 0.538. The molecule has 0 saturated heterocycles. The van der Waals surface area contributed by atoms with Gasteiger partial charge in [-0.3, -0.25) is 0 Å². The molecule has 2 nitrogen and oxygen atoms in total. The lowest BCUT2D eigenvalue weighted by Gasteiger charge is -2.23. The van der Waals surface area contributed by atoms with E-state index in [-0.39, 0.29) is 5.41 Å². The van der Waals surface area contributed by atoms with Crippen LogP contribution < -0.4 is 5.32 Å². The van der Waals surface area contributed by atoms with Crippen molar-refractivity contribution in [3.63, 3.8) is 0 Å². The van der Waals surface area contributed by atoms with E-state index < -0.39 is 9.04 Å².